The molecular weight excluding hydrogens is 475 g/mol. The van der Waals surface area contributed by atoms with Crippen molar-refractivity contribution in [3.8, 4) is 5.75 Å². The number of rotatable bonds is 7. The maximum absolute atomic E-state index is 12.6. The van der Waals surface area contributed by atoms with Gasteiger partial charge >= 0.3 is 0 Å². The second kappa shape index (κ2) is 10.6. The average Bonchev–Trinajstić information content (AvgIpc) is 3.23. The van der Waals surface area contributed by atoms with E-state index in [4.69, 9.17) is 48.7 Å². The average molecular weight is 496 g/mol. The van der Waals surface area contributed by atoms with Crippen LogP contribution in [0.25, 0.3) is 0 Å². The fourth-order valence-electron chi connectivity index (χ4n) is 3.35. The van der Waals surface area contributed by atoms with Gasteiger partial charge in [-0.1, -0.05) is 46.9 Å². The topological polar surface area (TPSA) is 63.9 Å². The van der Waals surface area contributed by atoms with Gasteiger partial charge in [0.2, 0.25) is 0 Å². The number of benzene rings is 2. The van der Waals surface area contributed by atoms with E-state index in [0.29, 0.717) is 32.3 Å². The predicted octanol–water partition coefficient (Wildman–Crippen LogP) is 5.90. The van der Waals surface area contributed by atoms with Gasteiger partial charge in [-0.15, -0.1) is 0 Å². The summed E-state index contributed by atoms with van der Waals surface area (Å²) in [6.45, 7) is 4.17. The summed E-state index contributed by atoms with van der Waals surface area (Å²) in [5.41, 5.74) is 1.82. The molecule has 6 nitrogen and oxygen atoms in total. The van der Waals surface area contributed by atoms with E-state index in [2.05, 4.69) is 10.2 Å². The molecule has 1 saturated heterocycles. The van der Waals surface area contributed by atoms with E-state index in [0.717, 1.165) is 38.4 Å². The van der Waals surface area contributed by atoms with Gasteiger partial charge in [0, 0.05) is 30.3 Å². The molecule has 4 rings (SSSR count). The highest BCUT2D eigenvalue weighted by Crippen LogP contribution is 2.36. The van der Waals surface area contributed by atoms with Crippen molar-refractivity contribution in [2.45, 2.75) is 13.2 Å². The Labute approximate surface area is 200 Å². The zero-order valence-electron chi connectivity index (χ0n) is 17.1. The molecule has 1 aromatic heterocycles. The first-order chi connectivity index (χ1) is 15.5. The molecule has 1 N–H and O–H groups in total. The summed E-state index contributed by atoms with van der Waals surface area (Å²) in [6, 6.07) is 14.1. The molecular formula is C23H21Cl3N2O4. The van der Waals surface area contributed by atoms with Crippen LogP contribution < -0.4 is 10.1 Å². The Balaban J connectivity index is 1.35. The van der Waals surface area contributed by atoms with E-state index < -0.39 is 0 Å². The molecule has 32 heavy (non-hydrogen) atoms. The number of anilines is 1. The lowest BCUT2D eigenvalue weighted by Crippen LogP contribution is -2.35. The van der Waals surface area contributed by atoms with Crippen LogP contribution in [0.2, 0.25) is 15.1 Å². The molecule has 1 aliphatic rings. The van der Waals surface area contributed by atoms with Crippen LogP contribution in [0.4, 0.5) is 5.69 Å². The van der Waals surface area contributed by atoms with Gasteiger partial charge in [-0.05, 0) is 42.0 Å². The molecule has 0 unspecified atom stereocenters. The minimum Gasteiger partial charge on any atom is -0.483 e. The quantitative estimate of drug-likeness (QED) is 0.442. The van der Waals surface area contributed by atoms with Gasteiger partial charge in [0.05, 0.1) is 23.3 Å². The largest absolute Gasteiger partial charge is 0.483 e. The lowest BCUT2D eigenvalue weighted by molar-refractivity contribution is 0.0342. The van der Waals surface area contributed by atoms with Crippen molar-refractivity contribution in [1.82, 2.24) is 4.90 Å². The van der Waals surface area contributed by atoms with E-state index >= 15 is 0 Å². The van der Waals surface area contributed by atoms with Crippen molar-refractivity contribution in [2.75, 3.05) is 31.6 Å². The van der Waals surface area contributed by atoms with Crippen molar-refractivity contribution < 1.29 is 18.7 Å². The Bertz CT molecular complexity index is 1070. The van der Waals surface area contributed by atoms with Crippen molar-refractivity contribution >= 4 is 46.4 Å². The Morgan fingerprint density at radius 1 is 1.03 bits per heavy atom. The Hall–Kier alpha value is -2.22. The van der Waals surface area contributed by atoms with Crippen LogP contribution >= 0.6 is 34.8 Å². The number of hydrogen-bond donors (Lipinski definition) is 1. The lowest BCUT2D eigenvalue weighted by atomic mass is 10.2. The van der Waals surface area contributed by atoms with Crippen molar-refractivity contribution in [1.29, 1.82) is 0 Å². The molecule has 1 amide bonds. The SMILES string of the molecule is O=C(Nc1cccc(CN2CCOCC2)c1)c1ccc(COc2c(Cl)cc(Cl)cc2Cl)o1. The van der Waals surface area contributed by atoms with Gasteiger partial charge in [-0.2, -0.15) is 0 Å². The minimum absolute atomic E-state index is 0.0589. The summed E-state index contributed by atoms with van der Waals surface area (Å²) in [7, 11) is 0. The minimum atomic E-state index is -0.345. The first kappa shape index (κ1) is 23.0. The predicted molar refractivity (Wildman–Crippen MR) is 125 cm³/mol. The van der Waals surface area contributed by atoms with E-state index in [1.807, 2.05) is 24.3 Å². The third-order valence-electron chi connectivity index (χ3n) is 4.90. The molecule has 0 aliphatic carbocycles. The van der Waals surface area contributed by atoms with Crippen LogP contribution in [0.1, 0.15) is 21.9 Å². The van der Waals surface area contributed by atoms with Crippen LogP contribution in [0.15, 0.2) is 52.9 Å². The molecule has 1 aliphatic heterocycles. The highest BCUT2D eigenvalue weighted by molar-refractivity contribution is 6.40. The van der Waals surface area contributed by atoms with E-state index in [1.54, 1.807) is 24.3 Å². The Morgan fingerprint density at radius 2 is 1.78 bits per heavy atom. The molecule has 2 aromatic carbocycles. The molecule has 2 heterocycles. The number of amides is 1. The summed E-state index contributed by atoms with van der Waals surface area (Å²) >= 11 is 18.2. The molecule has 9 heteroatoms. The number of nitrogens with zero attached hydrogens (tertiary/aromatic N) is 1. The first-order valence-corrected chi connectivity index (χ1v) is 11.2. The standard InChI is InChI=1S/C23H21Cl3N2O4/c24-16-11-19(25)22(20(26)12-16)31-14-18-4-5-21(32-18)23(29)27-17-3-1-2-15(10-17)13-28-6-8-30-9-7-28/h1-5,10-12H,6-9,13-14H2,(H,27,29). The summed E-state index contributed by atoms with van der Waals surface area (Å²) in [4.78, 5) is 14.9. The second-order valence-corrected chi connectivity index (χ2v) is 8.55. The van der Waals surface area contributed by atoms with Gasteiger partial charge in [0.25, 0.3) is 5.91 Å². The first-order valence-electron chi connectivity index (χ1n) is 10.0. The maximum atomic E-state index is 12.6. The lowest BCUT2D eigenvalue weighted by Gasteiger charge is -2.26. The molecule has 0 bridgehead atoms. The molecule has 0 spiro atoms. The smallest absolute Gasteiger partial charge is 0.291 e. The highest BCUT2D eigenvalue weighted by Gasteiger charge is 2.15. The third-order valence-corrected chi connectivity index (χ3v) is 5.68. The van der Waals surface area contributed by atoms with Gasteiger partial charge in [0.15, 0.2) is 11.5 Å². The molecule has 0 radical (unpaired) electrons. The van der Waals surface area contributed by atoms with Crippen molar-refractivity contribution in [2.24, 2.45) is 0 Å². The second-order valence-electron chi connectivity index (χ2n) is 7.30. The normalized spacial score (nSPS) is 14.3. The molecule has 1 fully saturated rings. The van der Waals surface area contributed by atoms with Crippen LogP contribution in [0.5, 0.6) is 5.75 Å². The molecule has 3 aromatic rings. The molecule has 168 valence electrons. The summed E-state index contributed by atoms with van der Waals surface area (Å²) in [5.74, 6) is 0.591. The van der Waals surface area contributed by atoms with Gasteiger partial charge in [-0.3, -0.25) is 9.69 Å². The molecule has 0 atom stereocenters. The van der Waals surface area contributed by atoms with Crippen molar-refractivity contribution in [3.63, 3.8) is 0 Å². The fraction of sp³-hybridized carbons (Fsp3) is 0.261. The number of nitrogens with one attached hydrogen (secondary N) is 1. The maximum Gasteiger partial charge on any atom is 0.291 e. The molecule has 0 saturated carbocycles. The zero-order valence-corrected chi connectivity index (χ0v) is 19.3. The number of carbonyl (C=O) groups excluding carboxylic acids is 1. The Kier molecular flexibility index (Phi) is 7.60. The third kappa shape index (κ3) is 5.97. The fourth-order valence-corrected chi connectivity index (χ4v) is 4.27. The summed E-state index contributed by atoms with van der Waals surface area (Å²) in [6.07, 6.45) is 0. The monoisotopic (exact) mass is 494 g/mol. The van der Waals surface area contributed by atoms with Gasteiger partial charge in [-0.25, -0.2) is 0 Å². The van der Waals surface area contributed by atoms with Gasteiger partial charge < -0.3 is 19.2 Å². The van der Waals surface area contributed by atoms with Gasteiger partial charge in [0.1, 0.15) is 12.4 Å². The van der Waals surface area contributed by atoms with Crippen LogP contribution in [0.3, 0.4) is 0 Å². The number of carbonyl (C=O) groups is 1. The summed E-state index contributed by atoms with van der Waals surface area (Å²) in [5, 5.41) is 3.88. The van der Waals surface area contributed by atoms with E-state index in [-0.39, 0.29) is 18.3 Å². The van der Waals surface area contributed by atoms with Crippen molar-refractivity contribution in [3.05, 3.63) is 80.7 Å². The summed E-state index contributed by atoms with van der Waals surface area (Å²) < 4.78 is 16.7. The van der Waals surface area contributed by atoms with E-state index in [1.165, 1.54) is 0 Å². The number of morpholine rings is 1. The Morgan fingerprint density at radius 3 is 2.53 bits per heavy atom. The number of furan rings is 1. The highest BCUT2D eigenvalue weighted by atomic mass is 35.5. The number of halogens is 3. The number of hydrogen-bond acceptors (Lipinski definition) is 5. The van der Waals surface area contributed by atoms with Crippen LogP contribution in [-0.4, -0.2) is 37.1 Å². The van der Waals surface area contributed by atoms with Crippen LogP contribution in [-0.2, 0) is 17.9 Å². The van der Waals surface area contributed by atoms with E-state index in [9.17, 15) is 4.79 Å². The zero-order chi connectivity index (χ0) is 22.5. The number of ether oxygens (including phenoxy) is 2. The van der Waals surface area contributed by atoms with Crippen LogP contribution in [0, 0.1) is 0 Å².